The summed E-state index contributed by atoms with van der Waals surface area (Å²) in [4.78, 5) is 3.66. The van der Waals surface area contributed by atoms with Gasteiger partial charge in [-0.1, -0.05) is 19.9 Å². The molecular formula is C15H15NO6S2. The van der Waals surface area contributed by atoms with E-state index in [0.717, 1.165) is 0 Å². The van der Waals surface area contributed by atoms with Crippen LogP contribution in [0.1, 0.15) is 26.3 Å². The number of benzene rings is 2. The van der Waals surface area contributed by atoms with Crippen molar-refractivity contribution in [2.45, 2.75) is 36.0 Å². The Morgan fingerprint density at radius 3 is 2.17 bits per heavy atom. The smallest absolute Gasteiger partial charge is 0.282 e. The van der Waals surface area contributed by atoms with E-state index in [9.17, 15) is 25.9 Å². The van der Waals surface area contributed by atoms with E-state index in [1.54, 1.807) is 6.92 Å². The van der Waals surface area contributed by atoms with E-state index in [-0.39, 0.29) is 15.5 Å². The van der Waals surface area contributed by atoms with Crippen LogP contribution in [0.5, 0.6) is 0 Å². The maximum Gasteiger partial charge on any atom is 0.296 e. The molecule has 0 amide bonds. The monoisotopic (exact) mass is 369 g/mol. The number of nitrogens with zero attached hydrogens (tertiary/aromatic N) is 1. The van der Waals surface area contributed by atoms with Gasteiger partial charge in [-0.25, -0.2) is 0 Å². The van der Waals surface area contributed by atoms with Crippen molar-refractivity contribution in [3.05, 3.63) is 29.8 Å². The van der Waals surface area contributed by atoms with Crippen LogP contribution in [-0.4, -0.2) is 31.7 Å². The molecule has 0 saturated carbocycles. The summed E-state index contributed by atoms with van der Waals surface area (Å²) in [5, 5.41) is 0.880. The summed E-state index contributed by atoms with van der Waals surface area (Å²) < 4.78 is 65.1. The van der Waals surface area contributed by atoms with Gasteiger partial charge in [-0.2, -0.15) is 16.8 Å². The molecular weight excluding hydrogens is 354 g/mol. The molecule has 2 N–H and O–H groups in total. The fraction of sp³-hybridized carbons (Fsp3) is 0.267. The van der Waals surface area contributed by atoms with Crippen molar-refractivity contribution in [1.29, 1.82) is 0 Å². The van der Waals surface area contributed by atoms with Crippen molar-refractivity contribution in [3.63, 3.8) is 0 Å². The summed E-state index contributed by atoms with van der Waals surface area (Å²) in [6.07, 6.45) is 0. The second-order valence-electron chi connectivity index (χ2n) is 6.25. The maximum absolute atomic E-state index is 11.7. The topological polar surface area (TPSA) is 121 Å². The summed E-state index contributed by atoms with van der Waals surface area (Å²) in [6.45, 7) is 5.38. The highest BCUT2D eigenvalue weighted by Gasteiger charge is 2.37. The molecule has 0 radical (unpaired) electrons. The van der Waals surface area contributed by atoms with E-state index in [1.807, 2.05) is 13.8 Å². The molecule has 0 saturated heterocycles. The average Bonchev–Trinajstić information content (AvgIpc) is 2.66. The highest BCUT2D eigenvalue weighted by atomic mass is 32.2. The van der Waals surface area contributed by atoms with Crippen molar-refractivity contribution in [1.82, 2.24) is 0 Å². The van der Waals surface area contributed by atoms with E-state index in [4.69, 9.17) is 0 Å². The summed E-state index contributed by atoms with van der Waals surface area (Å²) >= 11 is 0. The zero-order valence-electron chi connectivity index (χ0n) is 13.1. The first-order valence-electron chi connectivity index (χ1n) is 6.95. The van der Waals surface area contributed by atoms with Crippen LogP contribution in [0.3, 0.4) is 0 Å². The highest BCUT2D eigenvalue weighted by molar-refractivity contribution is 7.86. The van der Waals surface area contributed by atoms with Crippen LogP contribution in [0.25, 0.3) is 10.8 Å². The number of aliphatic imine (C=N–C) groups is 1. The Bertz CT molecular complexity index is 1130. The molecule has 0 bridgehead atoms. The lowest BCUT2D eigenvalue weighted by molar-refractivity contribution is 0.481. The lowest BCUT2D eigenvalue weighted by Crippen LogP contribution is -2.23. The van der Waals surface area contributed by atoms with Crippen LogP contribution >= 0.6 is 0 Å². The van der Waals surface area contributed by atoms with Gasteiger partial charge in [-0.15, -0.1) is 0 Å². The van der Waals surface area contributed by atoms with Gasteiger partial charge in [0.2, 0.25) is 0 Å². The second-order valence-corrected chi connectivity index (χ2v) is 9.07. The molecule has 9 heteroatoms. The predicted octanol–water partition coefficient (Wildman–Crippen LogP) is 2.72. The molecule has 1 heterocycles. The zero-order valence-corrected chi connectivity index (χ0v) is 14.7. The zero-order chi connectivity index (χ0) is 18.1. The third-order valence-corrected chi connectivity index (χ3v) is 6.15. The largest absolute Gasteiger partial charge is 0.296 e. The van der Waals surface area contributed by atoms with Gasteiger partial charge < -0.3 is 0 Å². The summed E-state index contributed by atoms with van der Waals surface area (Å²) in [5.74, 6) is 0. The predicted molar refractivity (Wildman–Crippen MR) is 89.4 cm³/mol. The van der Waals surface area contributed by atoms with E-state index in [1.165, 1.54) is 24.3 Å². The first-order valence-corrected chi connectivity index (χ1v) is 9.83. The number of hydrogen-bond donors (Lipinski definition) is 2. The van der Waals surface area contributed by atoms with Gasteiger partial charge in [0, 0.05) is 11.1 Å². The van der Waals surface area contributed by atoms with Crippen molar-refractivity contribution >= 4 is 42.4 Å². The minimum Gasteiger partial charge on any atom is -0.282 e. The molecule has 2 aromatic rings. The fourth-order valence-corrected chi connectivity index (χ4v) is 4.10. The number of fused-ring (bicyclic) bond motifs is 3. The Morgan fingerprint density at radius 2 is 1.62 bits per heavy atom. The summed E-state index contributed by atoms with van der Waals surface area (Å²) in [6, 6.07) is 5.09. The molecule has 0 fully saturated rings. The van der Waals surface area contributed by atoms with Crippen LogP contribution in [0, 0.1) is 0 Å². The molecule has 1 aliphatic rings. The van der Waals surface area contributed by atoms with E-state index in [2.05, 4.69) is 4.99 Å². The molecule has 7 nitrogen and oxygen atoms in total. The van der Waals surface area contributed by atoms with Gasteiger partial charge in [0.25, 0.3) is 20.2 Å². The van der Waals surface area contributed by atoms with Crippen LogP contribution in [0.15, 0.2) is 39.0 Å². The Morgan fingerprint density at radius 1 is 1.00 bits per heavy atom. The molecule has 0 unspecified atom stereocenters. The highest BCUT2D eigenvalue weighted by Crippen LogP contribution is 2.47. The van der Waals surface area contributed by atoms with Crippen LogP contribution < -0.4 is 0 Å². The third kappa shape index (κ3) is 2.44. The Labute approximate surface area is 139 Å². The van der Waals surface area contributed by atoms with Gasteiger partial charge in [-0.3, -0.25) is 14.1 Å². The van der Waals surface area contributed by atoms with Crippen molar-refractivity contribution in [2.75, 3.05) is 0 Å². The number of hydrogen-bond acceptors (Lipinski definition) is 5. The van der Waals surface area contributed by atoms with Crippen LogP contribution in [0.4, 0.5) is 5.69 Å². The molecule has 0 spiro atoms. The Kier molecular flexibility index (Phi) is 3.44. The molecule has 1 aliphatic heterocycles. The van der Waals surface area contributed by atoms with E-state index < -0.39 is 25.7 Å². The third-order valence-electron chi connectivity index (χ3n) is 4.44. The molecule has 0 aromatic heterocycles. The second kappa shape index (κ2) is 4.85. The molecule has 2 aromatic carbocycles. The van der Waals surface area contributed by atoms with Crippen molar-refractivity contribution in [3.8, 4) is 0 Å². The minimum absolute atomic E-state index is 0.0972. The van der Waals surface area contributed by atoms with Gasteiger partial charge in [0.1, 0.15) is 4.90 Å². The lowest BCUT2D eigenvalue weighted by atomic mass is 9.80. The van der Waals surface area contributed by atoms with Gasteiger partial charge in [0.05, 0.1) is 10.6 Å². The lowest BCUT2D eigenvalue weighted by Gasteiger charge is -2.22. The van der Waals surface area contributed by atoms with Gasteiger partial charge in [0.15, 0.2) is 0 Å². The number of rotatable bonds is 2. The van der Waals surface area contributed by atoms with Crippen LogP contribution in [-0.2, 0) is 25.7 Å². The van der Waals surface area contributed by atoms with Gasteiger partial charge in [-0.05, 0) is 41.5 Å². The van der Waals surface area contributed by atoms with E-state index >= 15 is 0 Å². The molecule has 0 aliphatic carbocycles. The summed E-state index contributed by atoms with van der Waals surface area (Å²) in [7, 11) is -8.91. The average molecular weight is 369 g/mol. The van der Waals surface area contributed by atoms with Crippen LogP contribution in [0.2, 0.25) is 0 Å². The summed E-state index contributed by atoms with van der Waals surface area (Å²) in [5.41, 5.74) is 0.564. The first-order chi connectivity index (χ1) is 10.8. The normalized spacial score (nSPS) is 17.0. The first kappa shape index (κ1) is 17.0. The molecule has 0 atom stereocenters. The quantitative estimate of drug-likeness (QED) is 0.785. The van der Waals surface area contributed by atoms with Crippen molar-refractivity contribution < 1.29 is 25.9 Å². The molecule has 128 valence electrons. The van der Waals surface area contributed by atoms with Crippen molar-refractivity contribution in [2.24, 2.45) is 4.99 Å². The standard InChI is InChI=1S/C15H15NO6S2/c1-8-15(2,3)13-11-7-10(23(17,18)19)5-4-9(11)6-12(14(13)16-8)24(20,21)22/h4-7H,1-3H3,(H,17,18,19)(H,20,21,22). The fourth-order valence-electron chi connectivity index (χ4n) is 2.93. The molecule has 3 rings (SSSR count). The SMILES string of the molecule is CC1=Nc2c(S(=O)(=O)O)cc3ccc(S(=O)(=O)O)cc3c2C1(C)C. The maximum atomic E-state index is 11.7. The van der Waals surface area contributed by atoms with E-state index in [0.29, 0.717) is 22.0 Å². The Hall–Kier alpha value is -1.81. The Balaban J connectivity index is 2.54. The minimum atomic E-state index is -4.51. The molecule has 24 heavy (non-hydrogen) atoms. The van der Waals surface area contributed by atoms with Gasteiger partial charge >= 0.3 is 0 Å².